The number of guanidine groups is 1. The lowest BCUT2D eigenvalue weighted by Crippen LogP contribution is -2.45. The van der Waals surface area contributed by atoms with Crippen molar-refractivity contribution < 1.29 is 18.7 Å². The van der Waals surface area contributed by atoms with Crippen LogP contribution in [0.5, 0.6) is 0 Å². The second kappa shape index (κ2) is 9.26. The van der Waals surface area contributed by atoms with Gasteiger partial charge >= 0.3 is 5.97 Å². The number of hydrogen-bond acceptors (Lipinski definition) is 5. The van der Waals surface area contributed by atoms with Gasteiger partial charge in [0, 0.05) is 33.6 Å². The number of nitrogens with zero attached hydrogens (tertiary/aromatic N) is 2. The molecular formula is C18H28N4O4. The third kappa shape index (κ3) is 5.00. The number of likely N-dealkylation sites (tertiary alicyclic amines) is 1. The molecule has 2 N–H and O–H groups in total. The first-order chi connectivity index (χ1) is 12.5. The first-order valence-electron chi connectivity index (χ1n) is 8.82. The van der Waals surface area contributed by atoms with Crippen molar-refractivity contribution in [2.45, 2.75) is 32.7 Å². The maximum absolute atomic E-state index is 11.7. The first kappa shape index (κ1) is 19.8. The number of carbonyl (C=O) groups is 2. The Labute approximate surface area is 154 Å². The Hall–Kier alpha value is -2.51. The Morgan fingerprint density at radius 3 is 2.65 bits per heavy atom. The average Bonchev–Trinajstić information content (AvgIpc) is 3.03. The molecule has 144 valence electrons. The van der Waals surface area contributed by atoms with Gasteiger partial charge in [-0.05, 0) is 31.7 Å². The van der Waals surface area contributed by atoms with E-state index in [0.29, 0.717) is 36.0 Å². The molecule has 1 saturated heterocycles. The Morgan fingerprint density at radius 2 is 2.08 bits per heavy atom. The summed E-state index contributed by atoms with van der Waals surface area (Å²) in [5, 5.41) is 5.95. The van der Waals surface area contributed by atoms with E-state index in [9.17, 15) is 9.59 Å². The molecule has 2 rings (SSSR count). The topological polar surface area (TPSA) is 96.2 Å². The highest BCUT2D eigenvalue weighted by Gasteiger charge is 2.23. The monoisotopic (exact) mass is 364 g/mol. The van der Waals surface area contributed by atoms with Crippen molar-refractivity contribution in [3.8, 4) is 0 Å². The smallest absolute Gasteiger partial charge is 0.341 e. The maximum atomic E-state index is 11.7. The minimum Gasteiger partial charge on any atom is -0.465 e. The Bertz CT molecular complexity index is 660. The molecule has 0 unspecified atom stereocenters. The molecular weight excluding hydrogens is 336 g/mol. The van der Waals surface area contributed by atoms with Crippen LogP contribution in [0.1, 0.15) is 41.1 Å². The minimum atomic E-state index is -0.403. The molecule has 0 spiro atoms. The van der Waals surface area contributed by atoms with Crippen LogP contribution in [0, 0.1) is 12.8 Å². The van der Waals surface area contributed by atoms with Crippen LogP contribution in [-0.4, -0.2) is 57.0 Å². The van der Waals surface area contributed by atoms with Gasteiger partial charge in [-0.25, -0.2) is 4.79 Å². The van der Waals surface area contributed by atoms with Gasteiger partial charge in [0.25, 0.3) is 0 Å². The van der Waals surface area contributed by atoms with Gasteiger partial charge in [-0.2, -0.15) is 0 Å². The molecule has 1 aliphatic rings. The van der Waals surface area contributed by atoms with Gasteiger partial charge in [0.05, 0.1) is 13.7 Å². The number of ether oxygens (including phenoxy) is 1. The van der Waals surface area contributed by atoms with Gasteiger partial charge < -0.3 is 24.7 Å². The van der Waals surface area contributed by atoms with E-state index in [0.717, 1.165) is 31.9 Å². The number of hydrogen-bond donors (Lipinski definition) is 2. The van der Waals surface area contributed by atoms with E-state index < -0.39 is 5.97 Å². The van der Waals surface area contributed by atoms with Gasteiger partial charge in [0.15, 0.2) is 5.96 Å². The lowest BCUT2D eigenvalue weighted by atomic mass is 9.93. The van der Waals surface area contributed by atoms with Gasteiger partial charge in [-0.3, -0.25) is 9.79 Å². The summed E-state index contributed by atoms with van der Waals surface area (Å²) in [6, 6.07) is 1.69. The molecule has 0 aromatic carbocycles. The van der Waals surface area contributed by atoms with E-state index >= 15 is 0 Å². The summed E-state index contributed by atoms with van der Waals surface area (Å²) < 4.78 is 10.3. The quantitative estimate of drug-likeness (QED) is 0.464. The summed E-state index contributed by atoms with van der Waals surface area (Å²) in [5.74, 6) is 2.09. The number of methoxy groups -OCH3 is 1. The number of carbonyl (C=O) groups excluding carboxylic acids is 2. The molecule has 1 aromatic heterocycles. The van der Waals surface area contributed by atoms with Crippen LogP contribution < -0.4 is 10.6 Å². The van der Waals surface area contributed by atoms with Crippen LogP contribution in [0.4, 0.5) is 0 Å². The van der Waals surface area contributed by atoms with E-state index in [4.69, 9.17) is 9.15 Å². The molecule has 2 heterocycles. The first-order valence-corrected chi connectivity index (χ1v) is 8.82. The second-order valence-electron chi connectivity index (χ2n) is 6.38. The minimum absolute atomic E-state index is 0.0977. The van der Waals surface area contributed by atoms with Crippen LogP contribution in [0.25, 0.3) is 0 Å². The largest absolute Gasteiger partial charge is 0.465 e. The van der Waals surface area contributed by atoms with Crippen molar-refractivity contribution in [2.75, 3.05) is 34.3 Å². The summed E-state index contributed by atoms with van der Waals surface area (Å²) in [6.07, 6.45) is 2.50. The average molecular weight is 364 g/mol. The predicted molar refractivity (Wildman–Crippen MR) is 98.0 cm³/mol. The normalized spacial score (nSPS) is 15.7. The van der Waals surface area contributed by atoms with E-state index in [2.05, 4.69) is 20.5 Å². The highest BCUT2D eigenvalue weighted by atomic mass is 16.5. The van der Waals surface area contributed by atoms with Crippen LogP contribution >= 0.6 is 0 Å². The van der Waals surface area contributed by atoms with Gasteiger partial charge in [-0.1, -0.05) is 0 Å². The molecule has 1 aromatic rings. The fourth-order valence-corrected chi connectivity index (χ4v) is 3.16. The second-order valence-corrected chi connectivity index (χ2v) is 6.38. The maximum Gasteiger partial charge on any atom is 0.341 e. The standard InChI is InChI=1S/C18H28N4O4/c1-12-15(17(24)25-4)10-14(26-12)11-21-18(20-3)22-7-5-13(6-8-22)9-16(23)19-2/h10,13H,5-9,11H2,1-4H3,(H,19,23)(H,20,21). The zero-order chi connectivity index (χ0) is 19.1. The fraction of sp³-hybridized carbons (Fsp3) is 0.611. The molecule has 0 bridgehead atoms. The Balaban J connectivity index is 1.87. The van der Waals surface area contributed by atoms with Crippen LogP contribution in [0.15, 0.2) is 15.5 Å². The molecule has 1 fully saturated rings. The van der Waals surface area contributed by atoms with E-state index in [1.54, 1.807) is 27.1 Å². The molecule has 0 saturated carbocycles. The molecule has 8 nitrogen and oxygen atoms in total. The van der Waals surface area contributed by atoms with E-state index in [-0.39, 0.29) is 5.91 Å². The number of aryl methyl sites for hydroxylation is 1. The van der Waals surface area contributed by atoms with Gasteiger partial charge in [0.1, 0.15) is 17.1 Å². The lowest BCUT2D eigenvalue weighted by molar-refractivity contribution is -0.121. The van der Waals surface area contributed by atoms with Crippen molar-refractivity contribution in [1.29, 1.82) is 0 Å². The number of esters is 1. The zero-order valence-corrected chi connectivity index (χ0v) is 15.9. The Morgan fingerprint density at radius 1 is 1.38 bits per heavy atom. The number of piperidine rings is 1. The van der Waals surface area contributed by atoms with Crippen molar-refractivity contribution in [3.05, 3.63) is 23.2 Å². The molecule has 26 heavy (non-hydrogen) atoms. The third-order valence-corrected chi connectivity index (χ3v) is 4.67. The molecule has 0 radical (unpaired) electrons. The highest BCUT2D eigenvalue weighted by Crippen LogP contribution is 2.21. The molecule has 0 aliphatic carbocycles. The highest BCUT2D eigenvalue weighted by molar-refractivity contribution is 5.90. The summed E-state index contributed by atoms with van der Waals surface area (Å²) in [7, 11) is 4.76. The van der Waals surface area contributed by atoms with Crippen molar-refractivity contribution >= 4 is 17.8 Å². The predicted octanol–water partition coefficient (Wildman–Crippen LogP) is 1.30. The van der Waals surface area contributed by atoms with E-state index in [1.165, 1.54) is 7.11 Å². The summed E-state index contributed by atoms with van der Waals surface area (Å²) in [4.78, 5) is 29.7. The zero-order valence-electron chi connectivity index (χ0n) is 15.9. The SMILES string of the molecule is CN=C(NCc1cc(C(=O)OC)c(C)o1)N1CCC(CC(=O)NC)CC1. The molecule has 1 aliphatic heterocycles. The molecule has 8 heteroatoms. The fourth-order valence-electron chi connectivity index (χ4n) is 3.16. The van der Waals surface area contributed by atoms with Crippen LogP contribution in [0.2, 0.25) is 0 Å². The number of furan rings is 1. The summed E-state index contributed by atoms with van der Waals surface area (Å²) in [6.45, 7) is 3.88. The van der Waals surface area contributed by atoms with Crippen molar-refractivity contribution in [2.24, 2.45) is 10.9 Å². The number of rotatable bonds is 5. The van der Waals surface area contributed by atoms with E-state index in [1.807, 2.05) is 0 Å². The Kier molecular flexibility index (Phi) is 7.06. The van der Waals surface area contributed by atoms with Crippen molar-refractivity contribution in [3.63, 3.8) is 0 Å². The van der Waals surface area contributed by atoms with Gasteiger partial charge in [0.2, 0.25) is 5.91 Å². The number of amides is 1. The summed E-state index contributed by atoms with van der Waals surface area (Å²) in [5.41, 5.74) is 0.439. The molecule has 1 amide bonds. The lowest BCUT2D eigenvalue weighted by Gasteiger charge is -2.33. The number of aliphatic imine (C=N–C) groups is 1. The van der Waals surface area contributed by atoms with Gasteiger partial charge in [-0.15, -0.1) is 0 Å². The van der Waals surface area contributed by atoms with Crippen LogP contribution in [0.3, 0.4) is 0 Å². The summed E-state index contributed by atoms with van der Waals surface area (Å²) >= 11 is 0. The third-order valence-electron chi connectivity index (χ3n) is 4.67. The van der Waals surface area contributed by atoms with Crippen molar-refractivity contribution in [1.82, 2.24) is 15.5 Å². The number of nitrogens with one attached hydrogen (secondary N) is 2. The van der Waals surface area contributed by atoms with Crippen LogP contribution in [-0.2, 0) is 16.1 Å². The molecule has 0 atom stereocenters.